The first-order valence-electron chi connectivity index (χ1n) is 13.5. The van der Waals surface area contributed by atoms with E-state index in [0.29, 0.717) is 45.7 Å². The summed E-state index contributed by atoms with van der Waals surface area (Å²) in [4.78, 5) is 22.8. The fourth-order valence-corrected chi connectivity index (χ4v) is 5.00. The third-order valence-electron chi connectivity index (χ3n) is 7.07. The van der Waals surface area contributed by atoms with E-state index in [2.05, 4.69) is 26.3 Å². The largest absolute Gasteiger partial charge is 0.405 e. The van der Waals surface area contributed by atoms with Crippen molar-refractivity contribution in [2.75, 3.05) is 13.1 Å². The average Bonchev–Trinajstić information content (AvgIpc) is 3.34. The number of nitrogens with zero attached hydrogens (tertiary/aromatic N) is 2. The predicted molar refractivity (Wildman–Crippen MR) is 161 cm³/mol. The highest BCUT2D eigenvalue weighted by molar-refractivity contribution is 6.31. The maximum Gasteiger partial charge on any atom is 0.405 e. The summed E-state index contributed by atoms with van der Waals surface area (Å²) in [5.74, 6) is 0.219. The molecule has 0 bridgehead atoms. The Morgan fingerprint density at radius 2 is 1.98 bits per heavy atom. The van der Waals surface area contributed by atoms with Crippen LogP contribution in [0, 0.1) is 18.2 Å². The van der Waals surface area contributed by atoms with Gasteiger partial charge in [0.15, 0.2) is 0 Å². The normalized spacial score (nSPS) is 16.8. The topological polar surface area (TPSA) is 114 Å². The fraction of sp³-hybridized carbons (Fsp3) is 0.333. The lowest BCUT2D eigenvalue weighted by molar-refractivity contribution is -0.123. The van der Waals surface area contributed by atoms with Gasteiger partial charge in [-0.05, 0) is 54.7 Å². The summed E-state index contributed by atoms with van der Waals surface area (Å²) < 4.78 is 51.6. The number of aliphatic imine (C=N–C) groups is 2. The molecule has 2 aliphatic rings. The van der Waals surface area contributed by atoms with Gasteiger partial charge in [0, 0.05) is 47.2 Å². The lowest BCUT2D eigenvalue weighted by Crippen LogP contribution is -2.45. The molecule has 0 fully saturated rings. The number of guanidine groups is 1. The van der Waals surface area contributed by atoms with Crippen LogP contribution in [0.25, 0.3) is 0 Å². The number of hydrogen-bond acceptors (Lipinski definition) is 7. The van der Waals surface area contributed by atoms with Crippen molar-refractivity contribution in [2.45, 2.75) is 52.3 Å². The predicted octanol–water partition coefficient (Wildman–Crippen LogP) is 5.86. The number of carbonyl (C=O) groups excluding carboxylic acids is 1. The molecule has 1 unspecified atom stereocenters. The van der Waals surface area contributed by atoms with Crippen LogP contribution in [0.4, 0.5) is 23.2 Å². The summed E-state index contributed by atoms with van der Waals surface area (Å²) in [5, 5.41) is 19.0. The molecule has 0 aromatic heterocycles. The van der Waals surface area contributed by atoms with Crippen molar-refractivity contribution in [3.8, 4) is 0 Å². The molecule has 2 heterocycles. The Bertz CT molecular complexity index is 1560. The molecule has 8 nitrogen and oxygen atoms in total. The van der Waals surface area contributed by atoms with Gasteiger partial charge in [0.1, 0.15) is 24.2 Å². The van der Waals surface area contributed by atoms with E-state index >= 15 is 0 Å². The lowest BCUT2D eigenvalue weighted by Gasteiger charge is -2.28. The molecule has 0 aliphatic carbocycles. The molecule has 4 rings (SSSR count). The number of alkyl halides is 3. The highest BCUT2D eigenvalue weighted by Gasteiger charge is 2.32. The second-order valence-electron chi connectivity index (χ2n) is 10.6. The molecule has 13 heteroatoms. The zero-order chi connectivity index (χ0) is 31.5. The number of fused-ring (bicyclic) bond motifs is 1. The van der Waals surface area contributed by atoms with E-state index < -0.39 is 24.7 Å². The van der Waals surface area contributed by atoms with Gasteiger partial charge in [-0.1, -0.05) is 37.6 Å². The summed E-state index contributed by atoms with van der Waals surface area (Å²) >= 11 is 6.72. The van der Waals surface area contributed by atoms with Crippen molar-refractivity contribution in [3.05, 3.63) is 86.5 Å². The number of halogens is 5. The van der Waals surface area contributed by atoms with Crippen molar-refractivity contribution in [3.63, 3.8) is 0 Å². The quantitative estimate of drug-likeness (QED) is 0.189. The number of amides is 1. The first kappa shape index (κ1) is 31.7. The number of hydrogen-bond donors (Lipinski definition) is 5. The van der Waals surface area contributed by atoms with Crippen molar-refractivity contribution < 1.29 is 22.4 Å². The van der Waals surface area contributed by atoms with Crippen LogP contribution < -0.4 is 21.3 Å². The zero-order valence-electron chi connectivity index (χ0n) is 24.0. The smallest absolute Gasteiger partial charge is 0.382 e. The molecule has 2 aliphatic heterocycles. The maximum atomic E-state index is 14.1. The Balaban J connectivity index is 1.60. The van der Waals surface area contributed by atoms with Gasteiger partial charge in [0.25, 0.3) is 5.91 Å². The highest BCUT2D eigenvalue weighted by atomic mass is 35.5. The van der Waals surface area contributed by atoms with Crippen LogP contribution in [0.3, 0.4) is 0 Å². The zero-order valence-corrected chi connectivity index (χ0v) is 24.8. The monoisotopic (exact) mass is 617 g/mol. The van der Waals surface area contributed by atoms with Crippen molar-refractivity contribution >= 4 is 41.2 Å². The molecule has 228 valence electrons. The van der Waals surface area contributed by atoms with Gasteiger partial charge in [0.05, 0.1) is 11.3 Å². The van der Waals surface area contributed by atoms with Crippen molar-refractivity contribution in [1.82, 2.24) is 21.3 Å². The van der Waals surface area contributed by atoms with Crippen LogP contribution in [0.2, 0.25) is 5.02 Å². The lowest BCUT2D eigenvalue weighted by atomic mass is 9.93. The first-order valence-corrected chi connectivity index (χ1v) is 13.9. The van der Waals surface area contributed by atoms with Gasteiger partial charge >= 0.3 is 6.18 Å². The van der Waals surface area contributed by atoms with Gasteiger partial charge in [-0.2, -0.15) is 13.2 Å². The fourth-order valence-electron chi connectivity index (χ4n) is 4.71. The molecule has 0 radical (unpaired) electrons. The molecule has 0 saturated carbocycles. The van der Waals surface area contributed by atoms with Crippen LogP contribution >= 0.6 is 11.6 Å². The number of carbonyl (C=O) groups is 1. The van der Waals surface area contributed by atoms with E-state index in [4.69, 9.17) is 22.0 Å². The van der Waals surface area contributed by atoms with Gasteiger partial charge in [-0.3, -0.25) is 4.79 Å². The van der Waals surface area contributed by atoms with Crippen LogP contribution in [0.15, 0.2) is 63.4 Å². The molecule has 5 N–H and O–H groups in total. The van der Waals surface area contributed by atoms with Gasteiger partial charge in [-0.25, -0.2) is 14.4 Å². The van der Waals surface area contributed by atoms with E-state index in [1.54, 1.807) is 19.9 Å². The number of nitrogens with one attached hydrogen (secondary N) is 5. The number of amidine groups is 1. The van der Waals surface area contributed by atoms with Crippen molar-refractivity contribution in [1.29, 1.82) is 5.41 Å². The molecule has 43 heavy (non-hydrogen) atoms. The van der Waals surface area contributed by atoms with Gasteiger partial charge in [-0.15, -0.1) is 0 Å². The van der Waals surface area contributed by atoms with Crippen molar-refractivity contribution in [2.24, 2.45) is 9.98 Å². The number of allylic oxidation sites excluding steroid dienone is 1. The Morgan fingerprint density at radius 1 is 1.23 bits per heavy atom. The van der Waals surface area contributed by atoms with E-state index in [1.165, 1.54) is 6.07 Å². The summed E-state index contributed by atoms with van der Waals surface area (Å²) in [6, 6.07) is 7.70. The van der Waals surface area contributed by atoms with Crippen LogP contribution in [-0.2, 0) is 11.2 Å². The van der Waals surface area contributed by atoms with E-state index in [0.717, 1.165) is 23.5 Å². The summed E-state index contributed by atoms with van der Waals surface area (Å²) in [6.07, 6.45) is -2.16. The van der Waals surface area contributed by atoms with Gasteiger partial charge in [0.2, 0.25) is 5.96 Å². The molecule has 2 aromatic carbocycles. The van der Waals surface area contributed by atoms with E-state index in [1.807, 2.05) is 32.0 Å². The first-order chi connectivity index (χ1) is 20.3. The number of rotatable bonds is 8. The second kappa shape index (κ2) is 13.0. The van der Waals surface area contributed by atoms with Gasteiger partial charge < -0.3 is 26.7 Å². The summed E-state index contributed by atoms with van der Waals surface area (Å²) in [6.45, 7) is 5.99. The highest BCUT2D eigenvalue weighted by Crippen LogP contribution is 2.36. The minimum atomic E-state index is -4.42. The minimum Gasteiger partial charge on any atom is -0.382 e. The molecular formula is C30H32ClF4N7O. The molecule has 2 aromatic rings. The third-order valence-corrected chi connectivity index (χ3v) is 7.40. The maximum absolute atomic E-state index is 14.1. The molecule has 1 amide bonds. The Labute approximate surface area is 251 Å². The molecule has 1 atom stereocenters. The average molecular weight is 618 g/mol. The second-order valence-corrected chi connectivity index (χ2v) is 11.0. The van der Waals surface area contributed by atoms with Crippen LogP contribution in [-0.4, -0.2) is 43.2 Å². The minimum absolute atomic E-state index is 0.131. The number of benzene rings is 2. The molecule has 0 spiro atoms. The Hall–Kier alpha value is -4.19. The third kappa shape index (κ3) is 7.61. The summed E-state index contributed by atoms with van der Waals surface area (Å²) in [7, 11) is 0. The molecular weight excluding hydrogens is 586 g/mol. The Morgan fingerprint density at radius 3 is 2.63 bits per heavy atom. The molecule has 0 saturated heterocycles. The van der Waals surface area contributed by atoms with Crippen LogP contribution in [0.5, 0.6) is 0 Å². The SMILES string of the molecule is CC1=C(C(=O)NC/C(C=N)=C/NCC(F)(F)F)C(c2ccc(C(C)C)cc2Cl)N=C(NC2=Nc3ccc(F)c(C)c3C2)N1. The summed E-state index contributed by atoms with van der Waals surface area (Å²) in [5.41, 5.74) is 4.36. The Kier molecular flexibility index (Phi) is 9.59. The van der Waals surface area contributed by atoms with Crippen LogP contribution in [0.1, 0.15) is 55.0 Å². The van der Waals surface area contributed by atoms with E-state index in [-0.39, 0.29) is 29.4 Å². The standard InChI is InChI=1S/C30H32ClF4N7O/c1-15(2)19-5-6-20(22(31)9-19)27-26(28(43)38-13-18(11-36)12-37-14-30(33,34)35)17(4)39-29(42-27)41-25-10-21-16(3)23(32)7-8-24(21)40-25/h5-9,11-12,15,27,36-37H,10,13-14H2,1-4H3,(H,38,43)(H2,39,40,41,42)/b18-12+,36-11?. The van der Waals surface area contributed by atoms with E-state index in [9.17, 15) is 22.4 Å².